The standard InChI is InChI=1S/C25H32FN3O2/c1-27-15-5-8-23(27)17-28(22-13-14-22)25(31)18-29(21-6-3-2-4-7-21)24(30)16-19-9-11-20(26)12-10-19/h5,8-12,15,21-22H,2-4,6-7,13-14,16-18H2,1H3. The van der Waals surface area contributed by atoms with E-state index < -0.39 is 0 Å². The molecule has 4 rings (SSSR count). The molecule has 166 valence electrons. The van der Waals surface area contributed by atoms with Crippen molar-refractivity contribution >= 4 is 11.8 Å². The SMILES string of the molecule is Cn1cccc1CN(C(=O)CN(C(=O)Cc1ccc(F)cc1)C1CCCCC1)C1CC1. The minimum Gasteiger partial charge on any atom is -0.353 e. The smallest absolute Gasteiger partial charge is 0.242 e. The number of aromatic nitrogens is 1. The molecule has 0 unspecified atom stereocenters. The van der Waals surface area contributed by atoms with Gasteiger partial charge in [-0.3, -0.25) is 9.59 Å². The lowest BCUT2D eigenvalue weighted by atomic mass is 9.93. The maximum absolute atomic E-state index is 13.4. The van der Waals surface area contributed by atoms with Crippen molar-refractivity contribution in [3.63, 3.8) is 0 Å². The molecular weight excluding hydrogens is 393 g/mol. The summed E-state index contributed by atoms with van der Waals surface area (Å²) in [6.07, 6.45) is 9.52. The minimum atomic E-state index is -0.309. The molecule has 1 aromatic heterocycles. The van der Waals surface area contributed by atoms with Gasteiger partial charge in [-0.2, -0.15) is 0 Å². The highest BCUT2D eigenvalue weighted by atomic mass is 19.1. The lowest BCUT2D eigenvalue weighted by Gasteiger charge is -2.35. The normalized spacial score (nSPS) is 16.8. The van der Waals surface area contributed by atoms with Crippen LogP contribution in [0.3, 0.4) is 0 Å². The first-order chi connectivity index (χ1) is 15.0. The molecule has 1 heterocycles. The molecule has 2 aromatic rings. The Labute approximate surface area is 183 Å². The summed E-state index contributed by atoms with van der Waals surface area (Å²) in [4.78, 5) is 30.4. The van der Waals surface area contributed by atoms with Gasteiger partial charge in [0.1, 0.15) is 12.4 Å². The van der Waals surface area contributed by atoms with Gasteiger partial charge in [-0.15, -0.1) is 0 Å². The third-order valence-electron chi connectivity index (χ3n) is 6.60. The van der Waals surface area contributed by atoms with Crippen LogP contribution in [0.15, 0.2) is 42.6 Å². The van der Waals surface area contributed by atoms with E-state index in [4.69, 9.17) is 0 Å². The fourth-order valence-corrected chi connectivity index (χ4v) is 4.57. The highest BCUT2D eigenvalue weighted by Crippen LogP contribution is 2.30. The number of hydrogen-bond acceptors (Lipinski definition) is 2. The second-order valence-corrected chi connectivity index (χ2v) is 8.98. The van der Waals surface area contributed by atoms with Gasteiger partial charge in [-0.25, -0.2) is 4.39 Å². The van der Waals surface area contributed by atoms with Crippen LogP contribution in [0.5, 0.6) is 0 Å². The van der Waals surface area contributed by atoms with Crippen LogP contribution in [0, 0.1) is 5.82 Å². The Morgan fingerprint density at radius 2 is 1.61 bits per heavy atom. The van der Waals surface area contributed by atoms with Crippen molar-refractivity contribution in [2.24, 2.45) is 7.05 Å². The Morgan fingerprint density at radius 3 is 2.23 bits per heavy atom. The van der Waals surface area contributed by atoms with Gasteiger partial charge in [0.05, 0.1) is 13.0 Å². The highest BCUT2D eigenvalue weighted by molar-refractivity contribution is 5.86. The molecule has 2 saturated carbocycles. The zero-order valence-corrected chi connectivity index (χ0v) is 18.3. The summed E-state index contributed by atoms with van der Waals surface area (Å²) in [7, 11) is 1.99. The van der Waals surface area contributed by atoms with Crippen LogP contribution in [-0.2, 0) is 29.6 Å². The van der Waals surface area contributed by atoms with E-state index in [1.165, 1.54) is 18.6 Å². The van der Waals surface area contributed by atoms with Gasteiger partial charge >= 0.3 is 0 Å². The fraction of sp³-hybridized carbons (Fsp3) is 0.520. The zero-order chi connectivity index (χ0) is 21.8. The van der Waals surface area contributed by atoms with E-state index in [-0.39, 0.29) is 42.7 Å². The number of benzene rings is 1. The van der Waals surface area contributed by atoms with Crippen LogP contribution < -0.4 is 0 Å². The van der Waals surface area contributed by atoms with Gasteiger partial charge in [0.2, 0.25) is 11.8 Å². The van der Waals surface area contributed by atoms with E-state index in [9.17, 15) is 14.0 Å². The second-order valence-electron chi connectivity index (χ2n) is 8.98. The summed E-state index contributed by atoms with van der Waals surface area (Å²) in [6, 6.07) is 10.5. The number of nitrogens with zero attached hydrogens (tertiary/aromatic N) is 3. The summed E-state index contributed by atoms with van der Waals surface area (Å²) in [5.74, 6) is -0.320. The van der Waals surface area contributed by atoms with E-state index in [0.29, 0.717) is 6.54 Å². The van der Waals surface area contributed by atoms with Gasteiger partial charge in [0, 0.05) is 31.0 Å². The van der Waals surface area contributed by atoms with Gasteiger partial charge in [-0.05, 0) is 55.5 Å². The first-order valence-electron chi connectivity index (χ1n) is 11.4. The molecule has 2 fully saturated rings. The Kier molecular flexibility index (Phi) is 6.73. The van der Waals surface area contributed by atoms with Gasteiger partial charge in [0.25, 0.3) is 0 Å². The molecule has 0 saturated heterocycles. The van der Waals surface area contributed by atoms with E-state index in [2.05, 4.69) is 0 Å². The van der Waals surface area contributed by atoms with Crippen molar-refractivity contribution in [1.29, 1.82) is 0 Å². The lowest BCUT2D eigenvalue weighted by Crippen LogP contribution is -2.49. The molecule has 0 radical (unpaired) electrons. The predicted octanol–water partition coefficient (Wildman–Crippen LogP) is 4.06. The third-order valence-corrected chi connectivity index (χ3v) is 6.60. The Balaban J connectivity index is 1.48. The number of halogens is 1. The van der Waals surface area contributed by atoms with Crippen LogP contribution in [0.25, 0.3) is 0 Å². The van der Waals surface area contributed by atoms with Crippen LogP contribution in [-0.4, -0.2) is 44.8 Å². The van der Waals surface area contributed by atoms with E-state index in [1.807, 2.05) is 39.7 Å². The average Bonchev–Trinajstić information content (AvgIpc) is 3.54. The monoisotopic (exact) mass is 425 g/mol. The number of amides is 2. The lowest BCUT2D eigenvalue weighted by molar-refractivity contribution is -0.143. The molecule has 0 atom stereocenters. The first-order valence-corrected chi connectivity index (χ1v) is 11.4. The molecule has 0 spiro atoms. The molecule has 0 N–H and O–H groups in total. The number of hydrogen-bond donors (Lipinski definition) is 0. The summed E-state index contributed by atoms with van der Waals surface area (Å²) in [5, 5.41) is 0. The van der Waals surface area contributed by atoms with Crippen LogP contribution >= 0.6 is 0 Å². The highest BCUT2D eigenvalue weighted by Gasteiger charge is 2.35. The molecule has 2 aliphatic rings. The topological polar surface area (TPSA) is 45.6 Å². The molecule has 2 amide bonds. The Hall–Kier alpha value is -2.63. The Bertz CT molecular complexity index is 898. The van der Waals surface area contributed by atoms with Crippen molar-refractivity contribution in [2.75, 3.05) is 6.54 Å². The van der Waals surface area contributed by atoms with Crippen LogP contribution in [0.2, 0.25) is 0 Å². The second kappa shape index (κ2) is 9.67. The van der Waals surface area contributed by atoms with Crippen molar-refractivity contribution in [1.82, 2.24) is 14.4 Å². The van der Waals surface area contributed by atoms with Crippen molar-refractivity contribution in [2.45, 2.75) is 70.0 Å². The van der Waals surface area contributed by atoms with Gasteiger partial charge in [0.15, 0.2) is 0 Å². The third kappa shape index (κ3) is 5.54. The van der Waals surface area contributed by atoms with Gasteiger partial charge < -0.3 is 14.4 Å². The Morgan fingerprint density at radius 1 is 0.935 bits per heavy atom. The zero-order valence-electron chi connectivity index (χ0n) is 18.3. The van der Waals surface area contributed by atoms with Crippen LogP contribution in [0.1, 0.15) is 56.2 Å². The van der Waals surface area contributed by atoms with Crippen LogP contribution in [0.4, 0.5) is 4.39 Å². The average molecular weight is 426 g/mol. The van der Waals surface area contributed by atoms with Crippen molar-refractivity contribution in [3.8, 4) is 0 Å². The predicted molar refractivity (Wildman–Crippen MR) is 118 cm³/mol. The van der Waals surface area contributed by atoms with E-state index in [1.54, 1.807) is 12.1 Å². The summed E-state index contributed by atoms with van der Waals surface area (Å²) in [6.45, 7) is 0.712. The number of carbonyl (C=O) groups is 2. The summed E-state index contributed by atoms with van der Waals surface area (Å²) < 4.78 is 15.3. The molecule has 31 heavy (non-hydrogen) atoms. The molecular formula is C25H32FN3O2. The first kappa shape index (κ1) is 21.6. The number of aryl methyl sites for hydroxylation is 1. The summed E-state index contributed by atoms with van der Waals surface area (Å²) in [5.41, 5.74) is 1.88. The fourth-order valence-electron chi connectivity index (χ4n) is 4.57. The minimum absolute atomic E-state index is 0.0294. The van der Waals surface area contributed by atoms with Gasteiger partial charge in [-0.1, -0.05) is 31.4 Å². The van der Waals surface area contributed by atoms with E-state index in [0.717, 1.165) is 49.8 Å². The molecule has 0 aliphatic heterocycles. The van der Waals surface area contributed by atoms with E-state index >= 15 is 0 Å². The number of carbonyl (C=O) groups excluding carboxylic acids is 2. The molecule has 0 bridgehead atoms. The largest absolute Gasteiger partial charge is 0.353 e. The molecule has 5 nitrogen and oxygen atoms in total. The molecule has 1 aromatic carbocycles. The van der Waals surface area contributed by atoms with Crippen molar-refractivity contribution < 1.29 is 14.0 Å². The van der Waals surface area contributed by atoms with Crippen molar-refractivity contribution in [3.05, 3.63) is 59.7 Å². The molecule has 2 aliphatic carbocycles. The quantitative estimate of drug-likeness (QED) is 0.640. The summed E-state index contributed by atoms with van der Waals surface area (Å²) >= 11 is 0. The molecule has 6 heteroatoms. The number of rotatable bonds is 8. The maximum atomic E-state index is 13.4. The maximum Gasteiger partial charge on any atom is 0.242 e.